The number of anilines is 1. The number of nitrogens with zero attached hydrogens (tertiary/aromatic N) is 5. The first kappa shape index (κ1) is 17.5. The van der Waals surface area contributed by atoms with Gasteiger partial charge < -0.3 is 9.57 Å². The monoisotopic (exact) mass is 352 g/mol. The number of nitrogens with one attached hydrogen (secondary N) is 1. The fraction of sp³-hybridized carbons (Fsp3) is 0.385. The second-order valence-corrected chi connectivity index (χ2v) is 6.29. The zero-order valence-corrected chi connectivity index (χ0v) is 14.3. The molecule has 0 unspecified atom stereocenters. The van der Waals surface area contributed by atoms with E-state index in [4.69, 9.17) is 9.57 Å². The average molecular weight is 352 g/mol. The standard InChI is InChI=1S/C13H16N6O4S/c1-13(2,3)23-12(21)17-11-16-8(5-24-11)9(18-22-4)10(20)19-7-14-6-15-19/h5-7H,1-4H3,(H,16,17,21). The van der Waals surface area contributed by atoms with Crippen molar-refractivity contribution in [3.63, 3.8) is 0 Å². The average Bonchev–Trinajstić information content (AvgIpc) is 3.13. The van der Waals surface area contributed by atoms with Crippen LogP contribution in [0.1, 0.15) is 31.3 Å². The van der Waals surface area contributed by atoms with Gasteiger partial charge in [-0.3, -0.25) is 10.1 Å². The molecule has 2 aromatic heterocycles. The molecule has 0 bridgehead atoms. The van der Waals surface area contributed by atoms with Crippen LogP contribution in [-0.4, -0.2) is 50.2 Å². The lowest BCUT2D eigenvalue weighted by molar-refractivity contribution is 0.0635. The summed E-state index contributed by atoms with van der Waals surface area (Å²) in [4.78, 5) is 36.6. The molecule has 0 aromatic carbocycles. The lowest BCUT2D eigenvalue weighted by Gasteiger charge is -2.18. The molecule has 0 aliphatic carbocycles. The molecule has 128 valence electrons. The lowest BCUT2D eigenvalue weighted by Crippen LogP contribution is -2.27. The molecule has 0 radical (unpaired) electrons. The summed E-state index contributed by atoms with van der Waals surface area (Å²) in [5.41, 5.74) is -0.472. The molecule has 0 aliphatic heterocycles. The molecule has 11 heteroatoms. The minimum atomic E-state index is -0.642. The van der Waals surface area contributed by atoms with E-state index in [1.165, 1.54) is 19.8 Å². The Morgan fingerprint density at radius 1 is 1.38 bits per heavy atom. The maximum atomic E-state index is 12.3. The van der Waals surface area contributed by atoms with Crippen molar-refractivity contribution in [3.8, 4) is 0 Å². The molecule has 0 fully saturated rings. The van der Waals surface area contributed by atoms with E-state index < -0.39 is 17.6 Å². The number of oxime groups is 1. The van der Waals surface area contributed by atoms with Crippen molar-refractivity contribution in [1.29, 1.82) is 0 Å². The fourth-order valence-electron chi connectivity index (χ4n) is 1.54. The van der Waals surface area contributed by atoms with Crippen LogP contribution in [0, 0.1) is 0 Å². The third kappa shape index (κ3) is 4.59. The van der Waals surface area contributed by atoms with E-state index >= 15 is 0 Å². The quantitative estimate of drug-likeness (QED) is 0.657. The molecule has 0 saturated carbocycles. The highest BCUT2D eigenvalue weighted by atomic mass is 32.1. The molecular formula is C13H16N6O4S. The van der Waals surface area contributed by atoms with Crippen LogP contribution in [-0.2, 0) is 9.57 Å². The van der Waals surface area contributed by atoms with E-state index in [0.717, 1.165) is 16.0 Å². The molecule has 2 rings (SSSR count). The summed E-state index contributed by atoms with van der Waals surface area (Å²) in [5, 5.41) is 11.7. The number of hydrogen-bond acceptors (Lipinski definition) is 9. The van der Waals surface area contributed by atoms with Gasteiger partial charge in [0.25, 0.3) is 0 Å². The van der Waals surface area contributed by atoms with Gasteiger partial charge in [0.05, 0.1) is 0 Å². The van der Waals surface area contributed by atoms with E-state index in [1.54, 1.807) is 26.2 Å². The molecule has 0 aliphatic rings. The van der Waals surface area contributed by atoms with Crippen LogP contribution in [0.4, 0.5) is 9.93 Å². The van der Waals surface area contributed by atoms with Crippen LogP contribution in [0.2, 0.25) is 0 Å². The molecule has 24 heavy (non-hydrogen) atoms. The van der Waals surface area contributed by atoms with E-state index in [9.17, 15) is 9.59 Å². The molecule has 0 saturated heterocycles. The van der Waals surface area contributed by atoms with Gasteiger partial charge in [-0.25, -0.2) is 14.8 Å². The Morgan fingerprint density at radius 3 is 2.71 bits per heavy atom. The molecule has 2 heterocycles. The minimum absolute atomic E-state index is 0.0727. The van der Waals surface area contributed by atoms with Crippen molar-refractivity contribution < 1.29 is 19.2 Å². The summed E-state index contributed by atoms with van der Waals surface area (Å²) in [6, 6.07) is 0. The van der Waals surface area contributed by atoms with E-state index in [1.807, 2.05) is 0 Å². The van der Waals surface area contributed by atoms with Gasteiger partial charge in [-0.15, -0.1) is 11.3 Å². The van der Waals surface area contributed by atoms with Gasteiger partial charge in [-0.2, -0.15) is 9.78 Å². The summed E-state index contributed by atoms with van der Waals surface area (Å²) in [5.74, 6) is -0.566. The second kappa shape index (κ2) is 7.17. The lowest BCUT2D eigenvalue weighted by atomic mass is 10.2. The Balaban J connectivity index is 2.16. The molecular weight excluding hydrogens is 336 g/mol. The summed E-state index contributed by atoms with van der Waals surface area (Å²) in [7, 11) is 1.31. The van der Waals surface area contributed by atoms with Gasteiger partial charge in [0, 0.05) is 5.38 Å². The normalized spacial score (nSPS) is 11.9. The first-order chi connectivity index (χ1) is 11.3. The van der Waals surface area contributed by atoms with Crippen molar-refractivity contribution in [1.82, 2.24) is 19.7 Å². The smallest absolute Gasteiger partial charge is 0.413 e. The zero-order chi connectivity index (χ0) is 17.7. The number of amides is 1. The highest BCUT2D eigenvalue weighted by Gasteiger charge is 2.22. The SMILES string of the molecule is CON=C(C(=O)n1cncn1)c1csc(NC(=O)OC(C)(C)C)n1. The number of carbonyl (C=O) groups excluding carboxylic acids is 2. The Morgan fingerprint density at radius 2 is 2.12 bits per heavy atom. The molecule has 0 spiro atoms. The van der Waals surface area contributed by atoms with Gasteiger partial charge in [-0.05, 0) is 20.8 Å². The van der Waals surface area contributed by atoms with E-state index in [-0.39, 0.29) is 16.5 Å². The van der Waals surface area contributed by atoms with Crippen LogP contribution in [0.5, 0.6) is 0 Å². The third-order valence-electron chi connectivity index (χ3n) is 2.37. The summed E-state index contributed by atoms with van der Waals surface area (Å²) in [6.07, 6.45) is 1.81. The largest absolute Gasteiger partial charge is 0.444 e. The Kier molecular flexibility index (Phi) is 5.24. The number of carbonyl (C=O) groups is 2. The van der Waals surface area contributed by atoms with Crippen LogP contribution in [0.25, 0.3) is 0 Å². The maximum absolute atomic E-state index is 12.3. The number of rotatable bonds is 4. The first-order valence-corrected chi connectivity index (χ1v) is 7.64. The topological polar surface area (TPSA) is 121 Å². The van der Waals surface area contributed by atoms with Gasteiger partial charge in [0.2, 0.25) is 0 Å². The Hall–Kier alpha value is -2.82. The Labute approximate surface area is 141 Å². The maximum Gasteiger partial charge on any atom is 0.413 e. The van der Waals surface area contributed by atoms with Crippen molar-refractivity contribution in [2.45, 2.75) is 26.4 Å². The second-order valence-electron chi connectivity index (χ2n) is 5.43. The number of hydrogen-bond donors (Lipinski definition) is 1. The molecule has 10 nitrogen and oxygen atoms in total. The third-order valence-corrected chi connectivity index (χ3v) is 3.12. The zero-order valence-electron chi connectivity index (χ0n) is 13.5. The summed E-state index contributed by atoms with van der Waals surface area (Å²) in [6.45, 7) is 5.25. The fourth-order valence-corrected chi connectivity index (χ4v) is 2.22. The van der Waals surface area contributed by atoms with Gasteiger partial charge in [0.15, 0.2) is 10.8 Å². The van der Waals surface area contributed by atoms with E-state index in [0.29, 0.717) is 0 Å². The molecule has 1 N–H and O–H groups in total. The number of ether oxygens (including phenoxy) is 1. The van der Waals surface area contributed by atoms with Crippen LogP contribution < -0.4 is 5.32 Å². The highest BCUT2D eigenvalue weighted by Crippen LogP contribution is 2.18. The number of thiazole rings is 1. The molecule has 2 aromatic rings. The highest BCUT2D eigenvalue weighted by molar-refractivity contribution is 7.14. The minimum Gasteiger partial charge on any atom is -0.444 e. The van der Waals surface area contributed by atoms with Gasteiger partial charge in [0.1, 0.15) is 31.1 Å². The first-order valence-electron chi connectivity index (χ1n) is 6.76. The van der Waals surface area contributed by atoms with Crippen molar-refractivity contribution in [3.05, 3.63) is 23.7 Å². The van der Waals surface area contributed by atoms with Crippen LogP contribution >= 0.6 is 11.3 Å². The molecule has 0 atom stereocenters. The van der Waals surface area contributed by atoms with Gasteiger partial charge >= 0.3 is 12.0 Å². The van der Waals surface area contributed by atoms with Crippen molar-refractivity contribution in [2.75, 3.05) is 12.4 Å². The van der Waals surface area contributed by atoms with Crippen LogP contribution in [0.3, 0.4) is 0 Å². The van der Waals surface area contributed by atoms with Gasteiger partial charge in [-0.1, -0.05) is 5.16 Å². The Bertz CT molecular complexity index is 747. The summed E-state index contributed by atoms with van der Waals surface area (Å²) < 4.78 is 6.14. The van der Waals surface area contributed by atoms with Crippen LogP contribution in [0.15, 0.2) is 23.2 Å². The summed E-state index contributed by atoms with van der Waals surface area (Å²) >= 11 is 1.12. The van der Waals surface area contributed by atoms with Crippen molar-refractivity contribution in [2.24, 2.45) is 5.16 Å². The predicted molar refractivity (Wildman–Crippen MR) is 86.2 cm³/mol. The van der Waals surface area contributed by atoms with E-state index in [2.05, 4.69) is 25.5 Å². The predicted octanol–water partition coefficient (Wildman–Crippen LogP) is 1.77. The molecule has 1 amide bonds. The number of aromatic nitrogens is 4. The van der Waals surface area contributed by atoms with Crippen molar-refractivity contribution >= 4 is 34.2 Å².